The van der Waals surface area contributed by atoms with Gasteiger partial charge in [0, 0.05) is 38.8 Å². The molecule has 0 radical (unpaired) electrons. The number of benzene rings is 8. The van der Waals surface area contributed by atoms with Crippen molar-refractivity contribution in [3.8, 4) is 90.6 Å². The lowest BCUT2D eigenvalue weighted by molar-refractivity contribution is 0.641. The van der Waals surface area contributed by atoms with Gasteiger partial charge in [-0.1, -0.05) is 232 Å². The van der Waals surface area contributed by atoms with Crippen LogP contribution in [0.25, 0.3) is 90.6 Å². The molecule has 0 atom stereocenters. The average molecular weight is 811 g/mol. The van der Waals surface area contributed by atoms with E-state index in [9.17, 15) is 0 Å². The molecule has 0 aliphatic carbocycles. The number of hydrogen-bond acceptors (Lipinski definition) is 6. The van der Waals surface area contributed by atoms with Gasteiger partial charge in [0.15, 0.2) is 34.9 Å². The van der Waals surface area contributed by atoms with E-state index in [1.165, 1.54) is 22.3 Å². The Kier molecular flexibility index (Phi) is 10.5. The summed E-state index contributed by atoms with van der Waals surface area (Å²) in [7, 11) is 0. The molecule has 10 aromatic rings. The van der Waals surface area contributed by atoms with Gasteiger partial charge in [-0.2, -0.15) is 0 Å². The summed E-state index contributed by atoms with van der Waals surface area (Å²) in [5.41, 5.74) is 12.2. The molecule has 63 heavy (non-hydrogen) atoms. The second-order valence-electron chi connectivity index (χ2n) is 16.0. The number of rotatable bonds is 10. The molecule has 2 heterocycles. The molecule has 0 aliphatic heterocycles. The standard InChI is InChI=1S/C57H42N6/c1-57(2,49-35-31-47(32-36-49)55-60-51(43-19-11-5-12-20-43)58-53(62-55)45-27-23-41(24-28-45)39-15-7-3-8-16-39)50-37-33-48(34-38-50)56-61-52(44-21-13-6-14-22-44)59-54(63-56)46-29-25-42(26-30-46)40-17-9-4-10-18-40/h3-38H,1-2H3. The quantitative estimate of drug-likeness (QED) is 0.137. The van der Waals surface area contributed by atoms with Crippen LogP contribution in [0.3, 0.4) is 0 Å². The van der Waals surface area contributed by atoms with Gasteiger partial charge in [-0.25, -0.2) is 29.9 Å². The Hall–Kier alpha value is -8.22. The third kappa shape index (κ3) is 8.30. The van der Waals surface area contributed by atoms with E-state index in [1.54, 1.807) is 0 Å². The first-order valence-corrected chi connectivity index (χ1v) is 21.1. The summed E-state index contributed by atoms with van der Waals surface area (Å²) in [4.78, 5) is 29.9. The van der Waals surface area contributed by atoms with Gasteiger partial charge < -0.3 is 0 Å². The van der Waals surface area contributed by atoms with Crippen LogP contribution in [0.4, 0.5) is 0 Å². The lowest BCUT2D eigenvalue weighted by Crippen LogP contribution is -2.18. The topological polar surface area (TPSA) is 77.3 Å². The van der Waals surface area contributed by atoms with Crippen molar-refractivity contribution in [3.05, 3.63) is 230 Å². The summed E-state index contributed by atoms with van der Waals surface area (Å²) in [5.74, 6) is 3.77. The van der Waals surface area contributed by atoms with Crippen LogP contribution >= 0.6 is 0 Å². The molecule has 0 bridgehead atoms. The van der Waals surface area contributed by atoms with E-state index in [0.717, 1.165) is 44.5 Å². The molecule has 10 rings (SSSR count). The Labute approximate surface area is 367 Å². The maximum atomic E-state index is 5.02. The smallest absolute Gasteiger partial charge is 0.164 e. The summed E-state index contributed by atoms with van der Waals surface area (Å²) < 4.78 is 0. The summed E-state index contributed by atoms with van der Waals surface area (Å²) in [6.07, 6.45) is 0. The predicted molar refractivity (Wildman–Crippen MR) is 255 cm³/mol. The Morgan fingerprint density at radius 3 is 0.635 bits per heavy atom. The van der Waals surface area contributed by atoms with Gasteiger partial charge in [0.05, 0.1) is 0 Å². The summed E-state index contributed by atoms with van der Waals surface area (Å²) in [5, 5.41) is 0. The van der Waals surface area contributed by atoms with Crippen molar-refractivity contribution in [2.24, 2.45) is 0 Å². The number of hydrogen-bond donors (Lipinski definition) is 0. The van der Waals surface area contributed by atoms with Crippen LogP contribution in [-0.2, 0) is 5.41 Å². The molecule has 2 aromatic heterocycles. The minimum absolute atomic E-state index is 0.309. The molecule has 0 N–H and O–H groups in total. The summed E-state index contributed by atoms with van der Waals surface area (Å²) in [6.45, 7) is 4.50. The maximum absolute atomic E-state index is 5.02. The highest BCUT2D eigenvalue weighted by atomic mass is 15.0. The molecule has 300 valence electrons. The van der Waals surface area contributed by atoms with E-state index < -0.39 is 0 Å². The van der Waals surface area contributed by atoms with E-state index in [-0.39, 0.29) is 5.41 Å². The highest BCUT2D eigenvalue weighted by Crippen LogP contribution is 2.35. The molecule has 0 fully saturated rings. The summed E-state index contributed by atoms with van der Waals surface area (Å²) in [6, 6.07) is 74.9. The van der Waals surface area contributed by atoms with Crippen LogP contribution in [0.5, 0.6) is 0 Å². The van der Waals surface area contributed by atoms with E-state index >= 15 is 0 Å². The van der Waals surface area contributed by atoms with E-state index in [0.29, 0.717) is 34.9 Å². The second kappa shape index (κ2) is 17.0. The molecule has 6 heteroatoms. The van der Waals surface area contributed by atoms with E-state index in [2.05, 4.69) is 159 Å². The van der Waals surface area contributed by atoms with Crippen molar-refractivity contribution >= 4 is 0 Å². The van der Waals surface area contributed by atoms with Gasteiger partial charge in [-0.3, -0.25) is 0 Å². The minimum Gasteiger partial charge on any atom is -0.208 e. The van der Waals surface area contributed by atoms with Crippen LogP contribution in [0.1, 0.15) is 25.0 Å². The van der Waals surface area contributed by atoms with Crippen molar-refractivity contribution < 1.29 is 0 Å². The Bertz CT molecular complexity index is 2900. The third-order valence-electron chi connectivity index (χ3n) is 11.6. The first kappa shape index (κ1) is 38.9. The fourth-order valence-electron chi connectivity index (χ4n) is 7.82. The Balaban J connectivity index is 0.939. The summed E-state index contributed by atoms with van der Waals surface area (Å²) >= 11 is 0. The number of nitrogens with zero attached hydrogens (tertiary/aromatic N) is 6. The molecule has 0 spiro atoms. The van der Waals surface area contributed by atoms with Crippen LogP contribution in [0.15, 0.2) is 218 Å². The van der Waals surface area contributed by atoms with Crippen molar-refractivity contribution in [3.63, 3.8) is 0 Å². The maximum Gasteiger partial charge on any atom is 0.164 e. The Morgan fingerprint density at radius 1 is 0.206 bits per heavy atom. The van der Waals surface area contributed by atoms with Gasteiger partial charge in [0.1, 0.15) is 0 Å². The molecule has 6 nitrogen and oxygen atoms in total. The van der Waals surface area contributed by atoms with Crippen LogP contribution in [-0.4, -0.2) is 29.9 Å². The van der Waals surface area contributed by atoms with E-state index in [4.69, 9.17) is 29.9 Å². The zero-order chi connectivity index (χ0) is 42.6. The minimum atomic E-state index is -0.309. The Morgan fingerprint density at radius 2 is 0.381 bits per heavy atom. The fraction of sp³-hybridized carbons (Fsp3) is 0.0526. The van der Waals surface area contributed by atoms with Crippen molar-refractivity contribution in [2.45, 2.75) is 19.3 Å². The first-order chi connectivity index (χ1) is 30.9. The molecule has 8 aromatic carbocycles. The van der Waals surface area contributed by atoms with Crippen molar-refractivity contribution in [2.75, 3.05) is 0 Å². The molecule has 0 aliphatic rings. The van der Waals surface area contributed by atoms with Gasteiger partial charge in [0.2, 0.25) is 0 Å². The van der Waals surface area contributed by atoms with Gasteiger partial charge >= 0.3 is 0 Å². The molecular weight excluding hydrogens is 769 g/mol. The second-order valence-corrected chi connectivity index (χ2v) is 16.0. The lowest BCUT2D eigenvalue weighted by atomic mass is 9.77. The van der Waals surface area contributed by atoms with Crippen LogP contribution in [0, 0.1) is 0 Å². The van der Waals surface area contributed by atoms with Gasteiger partial charge in [-0.05, 0) is 33.4 Å². The zero-order valence-electron chi connectivity index (χ0n) is 35.0. The van der Waals surface area contributed by atoms with Crippen molar-refractivity contribution in [1.29, 1.82) is 0 Å². The molecular formula is C57H42N6. The zero-order valence-corrected chi connectivity index (χ0v) is 35.0. The first-order valence-electron chi connectivity index (χ1n) is 21.1. The largest absolute Gasteiger partial charge is 0.208 e. The molecule has 0 saturated heterocycles. The van der Waals surface area contributed by atoms with Gasteiger partial charge in [-0.15, -0.1) is 0 Å². The highest BCUT2D eigenvalue weighted by Gasteiger charge is 2.24. The SMILES string of the molecule is CC(C)(c1ccc(-c2nc(-c3ccccc3)nc(-c3ccc(-c4ccccc4)cc3)n2)cc1)c1ccc(-c2nc(-c3ccccc3)nc(-c3ccc(-c4ccccc4)cc3)n2)cc1. The monoisotopic (exact) mass is 810 g/mol. The highest BCUT2D eigenvalue weighted by molar-refractivity contribution is 5.72. The van der Waals surface area contributed by atoms with Crippen LogP contribution < -0.4 is 0 Å². The van der Waals surface area contributed by atoms with Crippen molar-refractivity contribution in [1.82, 2.24) is 29.9 Å². The third-order valence-corrected chi connectivity index (χ3v) is 11.6. The predicted octanol–water partition coefficient (Wildman–Crippen LogP) is 13.7. The van der Waals surface area contributed by atoms with Crippen LogP contribution in [0.2, 0.25) is 0 Å². The normalized spacial score (nSPS) is 11.3. The molecule has 0 unspecified atom stereocenters. The van der Waals surface area contributed by atoms with Gasteiger partial charge in [0.25, 0.3) is 0 Å². The molecule has 0 saturated carbocycles. The van der Waals surface area contributed by atoms with E-state index in [1.807, 2.05) is 72.8 Å². The average Bonchev–Trinajstić information content (AvgIpc) is 3.37. The lowest BCUT2D eigenvalue weighted by Gasteiger charge is -2.26. The number of aromatic nitrogens is 6. The fourth-order valence-corrected chi connectivity index (χ4v) is 7.82. The molecule has 0 amide bonds.